The summed E-state index contributed by atoms with van der Waals surface area (Å²) in [5.41, 5.74) is 0. The van der Waals surface area contributed by atoms with Crippen LogP contribution in [-0.4, -0.2) is 34.2 Å². The van der Waals surface area contributed by atoms with Crippen molar-refractivity contribution in [3.8, 4) is 0 Å². The number of carboxylic acid groups (broad SMARTS) is 1. The molecule has 118 valence electrons. The third-order valence-corrected chi connectivity index (χ3v) is 2.97. The van der Waals surface area contributed by atoms with Crippen LogP contribution in [0.2, 0.25) is 0 Å². The van der Waals surface area contributed by atoms with Gasteiger partial charge in [0.1, 0.15) is 23.1 Å². The van der Waals surface area contributed by atoms with Crippen molar-refractivity contribution in [1.29, 1.82) is 0 Å². The van der Waals surface area contributed by atoms with Gasteiger partial charge in [0.2, 0.25) is 0 Å². The number of aliphatic carboxylic acids is 1. The fourth-order valence-corrected chi connectivity index (χ4v) is 1.68. The third kappa shape index (κ3) is 12.9. The first-order chi connectivity index (χ1) is 9.81. The van der Waals surface area contributed by atoms with E-state index < -0.39 is 5.97 Å². The van der Waals surface area contributed by atoms with Crippen LogP contribution in [0.15, 0.2) is 0 Å². The molecule has 21 heavy (non-hydrogen) atoms. The number of rotatable bonds is 13. The molecule has 0 radical (unpaired) electrons. The van der Waals surface area contributed by atoms with Crippen LogP contribution in [0.1, 0.15) is 64.7 Å². The third-order valence-electron chi connectivity index (χ3n) is 2.97. The van der Waals surface area contributed by atoms with E-state index in [4.69, 9.17) is 5.11 Å². The maximum atomic E-state index is 11.5. The SMILES string of the molecule is CC(=O)CCC(=O)CCC(=O)CCC(=O)CCCC(=O)O. The highest BCUT2D eigenvalue weighted by Gasteiger charge is 2.11. The van der Waals surface area contributed by atoms with E-state index in [9.17, 15) is 24.0 Å². The second kappa shape index (κ2) is 10.9. The lowest BCUT2D eigenvalue weighted by molar-refractivity contribution is -0.137. The summed E-state index contributed by atoms with van der Waals surface area (Å²) in [6.45, 7) is 1.41. The second-order valence-electron chi connectivity index (χ2n) is 5.07. The van der Waals surface area contributed by atoms with Crippen molar-refractivity contribution >= 4 is 29.1 Å². The van der Waals surface area contributed by atoms with Gasteiger partial charge in [-0.15, -0.1) is 0 Å². The lowest BCUT2D eigenvalue weighted by Crippen LogP contribution is -2.08. The number of carbonyl (C=O) groups excluding carboxylic acids is 4. The summed E-state index contributed by atoms with van der Waals surface area (Å²) >= 11 is 0. The summed E-state index contributed by atoms with van der Waals surface area (Å²) in [4.78, 5) is 55.2. The molecule has 1 N–H and O–H groups in total. The normalized spacial score (nSPS) is 10.1. The number of carboxylic acids is 1. The monoisotopic (exact) mass is 298 g/mol. The van der Waals surface area contributed by atoms with Gasteiger partial charge >= 0.3 is 5.97 Å². The maximum absolute atomic E-state index is 11.5. The fourth-order valence-electron chi connectivity index (χ4n) is 1.68. The van der Waals surface area contributed by atoms with Crippen molar-refractivity contribution in [1.82, 2.24) is 0 Å². The molecule has 0 aromatic carbocycles. The fraction of sp³-hybridized carbons (Fsp3) is 0.667. The van der Waals surface area contributed by atoms with Crippen molar-refractivity contribution in [2.45, 2.75) is 64.7 Å². The lowest BCUT2D eigenvalue weighted by Gasteiger charge is -2.01. The minimum absolute atomic E-state index is 0.0513. The van der Waals surface area contributed by atoms with Gasteiger partial charge in [0.05, 0.1) is 0 Å². The Labute approximate surface area is 123 Å². The maximum Gasteiger partial charge on any atom is 0.303 e. The van der Waals surface area contributed by atoms with Crippen molar-refractivity contribution in [3.05, 3.63) is 0 Å². The molecule has 0 aromatic heterocycles. The van der Waals surface area contributed by atoms with Crippen molar-refractivity contribution in [3.63, 3.8) is 0 Å². The molecule has 0 unspecified atom stereocenters. The van der Waals surface area contributed by atoms with Crippen LogP contribution in [0.25, 0.3) is 0 Å². The molecular formula is C15H22O6. The Morgan fingerprint density at radius 2 is 1.00 bits per heavy atom. The minimum atomic E-state index is -0.942. The summed E-state index contributed by atoms with van der Waals surface area (Å²) in [6, 6.07) is 0. The van der Waals surface area contributed by atoms with Crippen molar-refractivity contribution in [2.75, 3.05) is 0 Å². The molecule has 6 heteroatoms. The van der Waals surface area contributed by atoms with E-state index in [-0.39, 0.29) is 80.9 Å². The van der Waals surface area contributed by atoms with Gasteiger partial charge in [-0.2, -0.15) is 0 Å². The first-order valence-corrected chi connectivity index (χ1v) is 7.07. The topological polar surface area (TPSA) is 106 Å². The van der Waals surface area contributed by atoms with E-state index in [0.29, 0.717) is 0 Å². The zero-order valence-corrected chi connectivity index (χ0v) is 12.4. The van der Waals surface area contributed by atoms with Gasteiger partial charge in [-0.25, -0.2) is 0 Å². The van der Waals surface area contributed by atoms with Gasteiger partial charge in [0, 0.05) is 51.4 Å². The summed E-state index contributed by atoms with van der Waals surface area (Å²) in [5, 5.41) is 8.43. The molecule has 0 aromatic rings. The molecule has 0 atom stereocenters. The van der Waals surface area contributed by atoms with Gasteiger partial charge in [0.15, 0.2) is 0 Å². The van der Waals surface area contributed by atoms with Gasteiger partial charge in [-0.05, 0) is 13.3 Å². The van der Waals surface area contributed by atoms with E-state index in [1.807, 2.05) is 0 Å². The van der Waals surface area contributed by atoms with E-state index >= 15 is 0 Å². The average molecular weight is 298 g/mol. The highest BCUT2D eigenvalue weighted by molar-refractivity contribution is 5.90. The quantitative estimate of drug-likeness (QED) is 0.556. The Balaban J connectivity index is 3.70. The van der Waals surface area contributed by atoms with Crippen LogP contribution in [0.5, 0.6) is 0 Å². The van der Waals surface area contributed by atoms with E-state index in [2.05, 4.69) is 0 Å². The largest absolute Gasteiger partial charge is 0.481 e. The molecule has 0 bridgehead atoms. The van der Waals surface area contributed by atoms with E-state index in [1.54, 1.807) is 0 Å². The zero-order chi connectivity index (χ0) is 16.3. The summed E-state index contributed by atoms with van der Waals surface area (Å²) in [7, 11) is 0. The molecule has 0 amide bonds. The standard InChI is InChI=1S/C15H22O6/c1-11(16)5-6-13(18)9-10-14(19)8-7-12(17)3-2-4-15(20)21/h2-10H2,1H3,(H,20,21). The summed E-state index contributed by atoms with van der Waals surface area (Å²) in [5.74, 6) is -1.40. The van der Waals surface area contributed by atoms with Crippen LogP contribution < -0.4 is 0 Å². The molecule has 0 aliphatic rings. The van der Waals surface area contributed by atoms with E-state index in [0.717, 1.165) is 0 Å². The first kappa shape index (κ1) is 19.1. The van der Waals surface area contributed by atoms with Gasteiger partial charge < -0.3 is 9.90 Å². The van der Waals surface area contributed by atoms with Crippen molar-refractivity contribution < 1.29 is 29.1 Å². The molecule has 0 rings (SSSR count). The molecule has 0 spiro atoms. The smallest absolute Gasteiger partial charge is 0.303 e. The van der Waals surface area contributed by atoms with Crippen LogP contribution in [0.3, 0.4) is 0 Å². The molecule has 6 nitrogen and oxygen atoms in total. The Hall–Kier alpha value is -1.85. The first-order valence-electron chi connectivity index (χ1n) is 7.07. The molecule has 0 saturated heterocycles. The van der Waals surface area contributed by atoms with Crippen LogP contribution in [-0.2, 0) is 24.0 Å². The molecule has 0 saturated carbocycles. The summed E-state index contributed by atoms with van der Waals surface area (Å²) < 4.78 is 0. The van der Waals surface area contributed by atoms with Gasteiger partial charge in [-0.1, -0.05) is 0 Å². The van der Waals surface area contributed by atoms with Gasteiger partial charge in [-0.3, -0.25) is 19.2 Å². The average Bonchev–Trinajstić information content (AvgIpc) is 2.40. The Morgan fingerprint density at radius 1 is 0.619 bits per heavy atom. The summed E-state index contributed by atoms with van der Waals surface area (Å²) in [6.07, 6.45) is 1.16. The molecular weight excluding hydrogens is 276 g/mol. The number of ketones is 4. The Kier molecular flexibility index (Phi) is 9.92. The molecule has 0 fully saturated rings. The van der Waals surface area contributed by atoms with Crippen LogP contribution >= 0.6 is 0 Å². The Bertz CT molecular complexity index is 410. The highest BCUT2D eigenvalue weighted by atomic mass is 16.4. The molecule has 0 aliphatic heterocycles. The van der Waals surface area contributed by atoms with Crippen LogP contribution in [0.4, 0.5) is 0 Å². The zero-order valence-electron chi connectivity index (χ0n) is 12.4. The molecule has 0 heterocycles. The Morgan fingerprint density at radius 3 is 1.38 bits per heavy atom. The predicted octanol–water partition coefficient (Wildman–Crippen LogP) is 1.88. The second-order valence-corrected chi connectivity index (χ2v) is 5.07. The number of carbonyl (C=O) groups is 5. The predicted molar refractivity (Wildman–Crippen MR) is 74.9 cm³/mol. The van der Waals surface area contributed by atoms with Crippen molar-refractivity contribution in [2.24, 2.45) is 0 Å². The molecule has 0 aliphatic carbocycles. The number of Topliss-reactive ketones (excluding diaryl/α,β-unsaturated/α-hetero) is 4. The van der Waals surface area contributed by atoms with Crippen LogP contribution in [0, 0.1) is 0 Å². The number of hydrogen-bond donors (Lipinski definition) is 1. The number of hydrogen-bond acceptors (Lipinski definition) is 5. The van der Waals surface area contributed by atoms with Gasteiger partial charge in [0.25, 0.3) is 0 Å². The van der Waals surface area contributed by atoms with E-state index in [1.165, 1.54) is 6.92 Å². The highest BCUT2D eigenvalue weighted by Crippen LogP contribution is 2.06. The lowest BCUT2D eigenvalue weighted by atomic mass is 10.0. The minimum Gasteiger partial charge on any atom is -0.481 e.